The monoisotopic (exact) mass is 229 g/mol. The molecule has 0 saturated carbocycles. The summed E-state index contributed by atoms with van der Waals surface area (Å²) in [6, 6.07) is 0.579. The summed E-state index contributed by atoms with van der Waals surface area (Å²) in [5.74, 6) is 0. The minimum Gasteiger partial charge on any atom is -0.381 e. The Morgan fingerprint density at radius 3 is 2.94 bits per heavy atom. The van der Waals surface area contributed by atoms with Gasteiger partial charge in [-0.15, -0.1) is 0 Å². The molecule has 0 aliphatic carbocycles. The van der Waals surface area contributed by atoms with Crippen LogP contribution in [0.2, 0.25) is 0 Å². The lowest BCUT2D eigenvalue weighted by Crippen LogP contribution is -2.46. The van der Waals surface area contributed by atoms with Gasteiger partial charge in [0.1, 0.15) is 5.60 Å². The van der Waals surface area contributed by atoms with E-state index in [1.54, 1.807) is 7.11 Å². The van der Waals surface area contributed by atoms with Crippen LogP contribution in [0.25, 0.3) is 0 Å². The molecule has 0 amide bonds. The summed E-state index contributed by atoms with van der Waals surface area (Å²) in [5.41, 5.74) is -0.0901. The molecule has 2 saturated heterocycles. The van der Waals surface area contributed by atoms with Gasteiger partial charge in [-0.05, 0) is 19.3 Å². The van der Waals surface area contributed by atoms with Crippen LogP contribution in [0.1, 0.15) is 25.7 Å². The number of hydrogen-bond acceptors (Lipinski definition) is 4. The van der Waals surface area contributed by atoms with Gasteiger partial charge in [-0.2, -0.15) is 0 Å². The molecule has 0 aromatic rings. The highest BCUT2D eigenvalue weighted by molar-refractivity contribution is 4.88. The molecular weight excluding hydrogens is 206 g/mol. The largest absolute Gasteiger partial charge is 0.381 e. The number of methoxy groups -OCH3 is 1. The lowest BCUT2D eigenvalue weighted by molar-refractivity contribution is -0.0178. The van der Waals surface area contributed by atoms with Crippen LogP contribution >= 0.6 is 0 Å². The first-order valence-corrected chi connectivity index (χ1v) is 6.29. The van der Waals surface area contributed by atoms with Crippen molar-refractivity contribution in [3.63, 3.8) is 0 Å². The summed E-state index contributed by atoms with van der Waals surface area (Å²) in [7, 11) is 1.78. The second-order valence-electron chi connectivity index (χ2n) is 4.81. The van der Waals surface area contributed by atoms with Crippen molar-refractivity contribution in [2.75, 3.05) is 40.1 Å². The molecule has 0 bridgehead atoms. The van der Waals surface area contributed by atoms with Crippen molar-refractivity contribution in [1.29, 1.82) is 0 Å². The predicted molar refractivity (Wildman–Crippen MR) is 61.6 cm³/mol. The summed E-state index contributed by atoms with van der Waals surface area (Å²) in [5, 5.41) is 3.61. The Bertz CT molecular complexity index is 196. The van der Waals surface area contributed by atoms with Crippen LogP contribution in [-0.4, -0.2) is 51.7 Å². The minimum atomic E-state index is -0.0901. The molecule has 0 aromatic heterocycles. The highest BCUT2D eigenvalue weighted by Gasteiger charge is 2.35. The summed E-state index contributed by atoms with van der Waals surface area (Å²) >= 11 is 0. The fourth-order valence-electron chi connectivity index (χ4n) is 2.40. The number of ether oxygens (including phenoxy) is 3. The second-order valence-corrected chi connectivity index (χ2v) is 4.81. The van der Waals surface area contributed by atoms with Crippen LogP contribution in [0, 0.1) is 0 Å². The van der Waals surface area contributed by atoms with Crippen LogP contribution in [-0.2, 0) is 14.2 Å². The van der Waals surface area contributed by atoms with Crippen molar-refractivity contribution in [2.24, 2.45) is 0 Å². The van der Waals surface area contributed by atoms with Crippen LogP contribution < -0.4 is 5.32 Å². The molecule has 2 aliphatic rings. The average Bonchev–Trinajstić information content (AvgIpc) is 2.63. The topological polar surface area (TPSA) is 39.7 Å². The van der Waals surface area contributed by atoms with E-state index >= 15 is 0 Å². The second kappa shape index (κ2) is 5.96. The Morgan fingerprint density at radius 2 is 2.19 bits per heavy atom. The average molecular weight is 229 g/mol. The fraction of sp³-hybridized carbons (Fsp3) is 1.00. The standard InChI is InChI=1S/C12H23NO3/c1-14-12(5-8-16-10-12)9-13-11-3-2-6-15-7-4-11/h11,13H,2-10H2,1H3. The zero-order chi connectivity index (χ0) is 11.3. The molecule has 2 aliphatic heterocycles. The number of nitrogens with one attached hydrogen (secondary N) is 1. The summed E-state index contributed by atoms with van der Waals surface area (Å²) in [6.07, 6.45) is 4.48. The van der Waals surface area contributed by atoms with E-state index in [0.29, 0.717) is 6.04 Å². The number of rotatable bonds is 4. The summed E-state index contributed by atoms with van der Waals surface area (Å²) < 4.78 is 16.5. The number of hydrogen-bond donors (Lipinski definition) is 1. The van der Waals surface area contributed by atoms with Gasteiger partial charge in [-0.25, -0.2) is 0 Å². The Labute approximate surface area is 97.6 Å². The smallest absolute Gasteiger partial charge is 0.106 e. The molecule has 0 spiro atoms. The third kappa shape index (κ3) is 3.17. The highest BCUT2D eigenvalue weighted by atomic mass is 16.5. The first kappa shape index (κ1) is 12.3. The van der Waals surface area contributed by atoms with Crippen molar-refractivity contribution >= 4 is 0 Å². The third-order valence-electron chi connectivity index (χ3n) is 3.66. The van der Waals surface area contributed by atoms with Crippen LogP contribution in [0.15, 0.2) is 0 Å². The molecule has 94 valence electrons. The Hall–Kier alpha value is -0.160. The third-order valence-corrected chi connectivity index (χ3v) is 3.66. The van der Waals surface area contributed by atoms with Crippen molar-refractivity contribution in [3.8, 4) is 0 Å². The van der Waals surface area contributed by atoms with Gasteiger partial charge in [0.2, 0.25) is 0 Å². The maximum Gasteiger partial charge on any atom is 0.106 e. The van der Waals surface area contributed by atoms with Crippen molar-refractivity contribution in [2.45, 2.75) is 37.3 Å². The van der Waals surface area contributed by atoms with E-state index in [0.717, 1.165) is 52.2 Å². The Morgan fingerprint density at radius 1 is 1.25 bits per heavy atom. The quantitative estimate of drug-likeness (QED) is 0.779. The van der Waals surface area contributed by atoms with Crippen molar-refractivity contribution < 1.29 is 14.2 Å². The molecular formula is C12H23NO3. The van der Waals surface area contributed by atoms with Gasteiger partial charge in [0.05, 0.1) is 6.61 Å². The van der Waals surface area contributed by atoms with Gasteiger partial charge in [0.25, 0.3) is 0 Å². The zero-order valence-electron chi connectivity index (χ0n) is 10.2. The molecule has 2 atom stereocenters. The highest BCUT2D eigenvalue weighted by Crippen LogP contribution is 2.22. The maximum absolute atomic E-state index is 5.60. The molecule has 2 heterocycles. The van der Waals surface area contributed by atoms with Crippen molar-refractivity contribution in [3.05, 3.63) is 0 Å². The molecule has 4 heteroatoms. The lowest BCUT2D eigenvalue weighted by atomic mass is 10.0. The minimum absolute atomic E-state index is 0.0901. The van der Waals surface area contributed by atoms with Gasteiger partial charge in [-0.3, -0.25) is 0 Å². The van der Waals surface area contributed by atoms with Gasteiger partial charge < -0.3 is 19.5 Å². The van der Waals surface area contributed by atoms with Gasteiger partial charge in [-0.1, -0.05) is 0 Å². The summed E-state index contributed by atoms with van der Waals surface area (Å²) in [4.78, 5) is 0. The molecule has 2 unspecified atom stereocenters. The van der Waals surface area contributed by atoms with E-state index in [4.69, 9.17) is 14.2 Å². The molecule has 0 aromatic carbocycles. The zero-order valence-corrected chi connectivity index (χ0v) is 10.2. The Kier molecular flexibility index (Phi) is 4.58. The first-order chi connectivity index (χ1) is 7.85. The van der Waals surface area contributed by atoms with Crippen LogP contribution in [0.3, 0.4) is 0 Å². The Balaban J connectivity index is 1.76. The molecule has 1 N–H and O–H groups in total. The van der Waals surface area contributed by atoms with E-state index in [1.165, 1.54) is 6.42 Å². The van der Waals surface area contributed by atoms with E-state index in [1.807, 2.05) is 0 Å². The lowest BCUT2D eigenvalue weighted by Gasteiger charge is -2.28. The van der Waals surface area contributed by atoms with Crippen LogP contribution in [0.4, 0.5) is 0 Å². The normalized spacial score (nSPS) is 36.2. The van der Waals surface area contributed by atoms with E-state index in [-0.39, 0.29) is 5.60 Å². The van der Waals surface area contributed by atoms with Gasteiger partial charge in [0.15, 0.2) is 0 Å². The molecule has 4 nitrogen and oxygen atoms in total. The van der Waals surface area contributed by atoms with E-state index in [2.05, 4.69) is 5.32 Å². The maximum atomic E-state index is 5.60. The SMILES string of the molecule is COC1(CNC2CCCOCC2)CCOC1. The molecule has 2 fully saturated rings. The predicted octanol–water partition coefficient (Wildman–Crippen LogP) is 0.951. The van der Waals surface area contributed by atoms with Crippen molar-refractivity contribution in [1.82, 2.24) is 5.32 Å². The molecule has 2 rings (SSSR count). The molecule has 16 heavy (non-hydrogen) atoms. The summed E-state index contributed by atoms with van der Waals surface area (Å²) in [6.45, 7) is 4.24. The van der Waals surface area contributed by atoms with E-state index in [9.17, 15) is 0 Å². The first-order valence-electron chi connectivity index (χ1n) is 6.29. The van der Waals surface area contributed by atoms with E-state index < -0.39 is 0 Å². The molecule has 0 radical (unpaired) electrons. The van der Waals surface area contributed by atoms with Crippen LogP contribution in [0.5, 0.6) is 0 Å². The van der Waals surface area contributed by atoms with Gasteiger partial charge in [0, 0.05) is 45.9 Å². The van der Waals surface area contributed by atoms with Gasteiger partial charge >= 0.3 is 0 Å². The fourth-order valence-corrected chi connectivity index (χ4v) is 2.40.